The fraction of sp³-hybridized carbons (Fsp3) is 0.333. The predicted octanol–water partition coefficient (Wildman–Crippen LogP) is 2.72. The first-order chi connectivity index (χ1) is 10.5. The minimum Gasteiger partial charge on any atom is -0.392 e. The summed E-state index contributed by atoms with van der Waals surface area (Å²) in [4.78, 5) is 18.2. The van der Waals surface area contributed by atoms with Crippen molar-refractivity contribution in [2.45, 2.75) is 19.4 Å². The number of aromatic nitrogens is 1. The van der Waals surface area contributed by atoms with Crippen molar-refractivity contribution in [2.75, 3.05) is 18.9 Å². The molecular weight excluding hydrogens is 305 g/mol. The largest absolute Gasteiger partial charge is 0.392 e. The first kappa shape index (κ1) is 16.4. The highest BCUT2D eigenvalue weighted by Gasteiger charge is 2.13. The molecule has 0 saturated carbocycles. The second-order valence-electron chi connectivity index (χ2n) is 5.06. The summed E-state index contributed by atoms with van der Waals surface area (Å²) in [6.07, 6.45) is 1.47. The van der Waals surface area contributed by atoms with Crippen LogP contribution in [0.15, 0.2) is 30.5 Å². The standard InChI is InChI=1S/C15H18FN3O2S/c1-10(20)9-19(2)15(21)18-14-17-8-12(22-14)7-11-5-3-4-6-13(11)16/h3-6,8,10,20H,7,9H2,1-2H3,(H,17,18,21)/t10-/m0/s1. The molecule has 0 fully saturated rings. The molecule has 1 heterocycles. The number of urea groups is 1. The third kappa shape index (κ3) is 4.51. The Bertz CT molecular complexity index is 645. The van der Waals surface area contributed by atoms with Gasteiger partial charge in [0.1, 0.15) is 5.82 Å². The molecule has 2 amide bonds. The highest BCUT2D eigenvalue weighted by Crippen LogP contribution is 2.22. The van der Waals surface area contributed by atoms with Gasteiger partial charge in [0, 0.05) is 31.1 Å². The number of thiazole rings is 1. The lowest BCUT2D eigenvalue weighted by Crippen LogP contribution is -2.36. The van der Waals surface area contributed by atoms with E-state index in [1.54, 1.807) is 38.4 Å². The van der Waals surface area contributed by atoms with Gasteiger partial charge in [0.2, 0.25) is 0 Å². The van der Waals surface area contributed by atoms with Crippen LogP contribution >= 0.6 is 11.3 Å². The number of amides is 2. The van der Waals surface area contributed by atoms with E-state index >= 15 is 0 Å². The molecule has 0 radical (unpaired) electrons. The third-order valence-electron chi connectivity index (χ3n) is 2.97. The number of benzene rings is 1. The van der Waals surface area contributed by atoms with Crippen LogP contribution in [0.2, 0.25) is 0 Å². The number of carbonyl (C=O) groups is 1. The molecule has 2 N–H and O–H groups in total. The van der Waals surface area contributed by atoms with Gasteiger partial charge in [0.25, 0.3) is 0 Å². The van der Waals surface area contributed by atoms with Crippen molar-refractivity contribution in [3.8, 4) is 0 Å². The molecule has 2 aromatic rings. The molecule has 5 nitrogen and oxygen atoms in total. The van der Waals surface area contributed by atoms with E-state index in [0.29, 0.717) is 17.1 Å². The summed E-state index contributed by atoms with van der Waals surface area (Å²) < 4.78 is 13.6. The number of nitrogens with zero attached hydrogens (tertiary/aromatic N) is 2. The van der Waals surface area contributed by atoms with Crippen molar-refractivity contribution in [1.82, 2.24) is 9.88 Å². The van der Waals surface area contributed by atoms with Gasteiger partial charge in [-0.1, -0.05) is 18.2 Å². The molecule has 7 heteroatoms. The van der Waals surface area contributed by atoms with Crippen LogP contribution in [0.5, 0.6) is 0 Å². The number of anilines is 1. The monoisotopic (exact) mass is 323 g/mol. The SMILES string of the molecule is C[C@H](O)CN(C)C(=O)Nc1ncc(Cc2ccccc2F)s1. The van der Waals surface area contributed by atoms with Crippen molar-refractivity contribution in [3.63, 3.8) is 0 Å². The van der Waals surface area contributed by atoms with Gasteiger partial charge in [-0.15, -0.1) is 11.3 Å². The van der Waals surface area contributed by atoms with E-state index in [-0.39, 0.29) is 18.4 Å². The zero-order valence-electron chi connectivity index (χ0n) is 12.4. The Morgan fingerprint density at radius 3 is 2.91 bits per heavy atom. The fourth-order valence-corrected chi connectivity index (χ4v) is 2.77. The maximum atomic E-state index is 13.6. The zero-order chi connectivity index (χ0) is 16.1. The summed E-state index contributed by atoms with van der Waals surface area (Å²) >= 11 is 1.30. The molecular formula is C15H18FN3O2S. The summed E-state index contributed by atoms with van der Waals surface area (Å²) in [5.41, 5.74) is 0.593. The van der Waals surface area contributed by atoms with E-state index in [1.165, 1.54) is 22.3 Å². The predicted molar refractivity (Wildman–Crippen MR) is 84.6 cm³/mol. The Labute approximate surface area is 132 Å². The normalized spacial score (nSPS) is 12.0. The van der Waals surface area contributed by atoms with Crippen LogP contribution in [0, 0.1) is 5.82 Å². The van der Waals surface area contributed by atoms with Crippen molar-refractivity contribution in [1.29, 1.82) is 0 Å². The van der Waals surface area contributed by atoms with Gasteiger partial charge in [0.05, 0.1) is 6.10 Å². The Morgan fingerprint density at radius 1 is 1.50 bits per heavy atom. The molecule has 1 atom stereocenters. The minimum absolute atomic E-state index is 0.235. The molecule has 0 unspecified atom stereocenters. The van der Waals surface area contributed by atoms with Crippen LogP contribution < -0.4 is 5.32 Å². The van der Waals surface area contributed by atoms with Crippen LogP contribution in [0.25, 0.3) is 0 Å². The van der Waals surface area contributed by atoms with Gasteiger partial charge >= 0.3 is 6.03 Å². The number of aliphatic hydroxyl groups is 1. The lowest BCUT2D eigenvalue weighted by molar-refractivity contribution is 0.149. The molecule has 22 heavy (non-hydrogen) atoms. The number of nitrogens with one attached hydrogen (secondary N) is 1. The molecule has 0 aliphatic rings. The number of hydrogen-bond donors (Lipinski definition) is 2. The maximum Gasteiger partial charge on any atom is 0.323 e. The smallest absolute Gasteiger partial charge is 0.323 e. The molecule has 0 spiro atoms. The van der Waals surface area contributed by atoms with E-state index in [4.69, 9.17) is 0 Å². The average Bonchev–Trinajstić information content (AvgIpc) is 2.88. The number of halogens is 1. The highest BCUT2D eigenvalue weighted by atomic mass is 32.1. The van der Waals surface area contributed by atoms with Crippen LogP contribution in [0.4, 0.5) is 14.3 Å². The average molecular weight is 323 g/mol. The topological polar surface area (TPSA) is 65.5 Å². The Kier molecular flexibility index (Phi) is 5.46. The highest BCUT2D eigenvalue weighted by molar-refractivity contribution is 7.15. The molecule has 1 aromatic carbocycles. The molecule has 2 rings (SSSR count). The summed E-state index contributed by atoms with van der Waals surface area (Å²) in [6, 6.07) is 6.24. The van der Waals surface area contributed by atoms with Crippen molar-refractivity contribution >= 4 is 22.5 Å². The van der Waals surface area contributed by atoms with Gasteiger partial charge in [0.15, 0.2) is 5.13 Å². The van der Waals surface area contributed by atoms with Gasteiger partial charge in [-0.2, -0.15) is 0 Å². The lowest BCUT2D eigenvalue weighted by Gasteiger charge is -2.18. The lowest BCUT2D eigenvalue weighted by atomic mass is 10.1. The first-order valence-electron chi connectivity index (χ1n) is 6.84. The number of carbonyl (C=O) groups excluding carboxylic acids is 1. The van der Waals surface area contributed by atoms with Crippen LogP contribution in [0.3, 0.4) is 0 Å². The Hall–Kier alpha value is -1.99. The summed E-state index contributed by atoms with van der Waals surface area (Å²) in [6.45, 7) is 1.85. The Morgan fingerprint density at radius 2 is 2.23 bits per heavy atom. The van der Waals surface area contributed by atoms with Crippen molar-refractivity contribution in [3.05, 3.63) is 46.7 Å². The van der Waals surface area contributed by atoms with Crippen molar-refractivity contribution in [2.24, 2.45) is 0 Å². The van der Waals surface area contributed by atoms with Gasteiger partial charge in [-0.25, -0.2) is 14.2 Å². The third-order valence-corrected chi connectivity index (χ3v) is 3.89. The van der Waals surface area contributed by atoms with Gasteiger partial charge in [-0.3, -0.25) is 5.32 Å². The van der Waals surface area contributed by atoms with E-state index in [2.05, 4.69) is 10.3 Å². The number of rotatable bonds is 5. The van der Waals surface area contributed by atoms with E-state index in [0.717, 1.165) is 4.88 Å². The van der Waals surface area contributed by atoms with Gasteiger partial charge < -0.3 is 10.0 Å². The van der Waals surface area contributed by atoms with Crippen LogP contribution in [-0.2, 0) is 6.42 Å². The maximum absolute atomic E-state index is 13.6. The molecule has 0 bridgehead atoms. The first-order valence-corrected chi connectivity index (χ1v) is 7.65. The van der Waals surface area contributed by atoms with Crippen LogP contribution in [-0.4, -0.2) is 40.7 Å². The molecule has 0 aliphatic carbocycles. The number of aliphatic hydroxyl groups excluding tert-OH is 1. The second kappa shape index (κ2) is 7.33. The van der Waals surface area contributed by atoms with E-state index in [1.807, 2.05) is 0 Å². The quantitative estimate of drug-likeness (QED) is 0.889. The van der Waals surface area contributed by atoms with E-state index < -0.39 is 6.10 Å². The molecule has 0 aliphatic heterocycles. The summed E-state index contributed by atoms with van der Waals surface area (Å²) in [5, 5.41) is 12.4. The summed E-state index contributed by atoms with van der Waals surface area (Å²) in [5.74, 6) is -0.252. The molecule has 118 valence electrons. The number of likely N-dealkylation sites (N-methyl/N-ethyl adjacent to an activating group) is 1. The second-order valence-corrected chi connectivity index (χ2v) is 6.17. The molecule has 1 aromatic heterocycles. The van der Waals surface area contributed by atoms with Crippen molar-refractivity contribution < 1.29 is 14.3 Å². The molecule has 0 saturated heterocycles. The van der Waals surface area contributed by atoms with Gasteiger partial charge in [-0.05, 0) is 18.6 Å². The summed E-state index contributed by atoms with van der Waals surface area (Å²) in [7, 11) is 1.59. The Balaban J connectivity index is 1.97. The fourth-order valence-electron chi connectivity index (χ4n) is 1.94. The van der Waals surface area contributed by atoms with Crippen LogP contribution in [0.1, 0.15) is 17.4 Å². The van der Waals surface area contributed by atoms with E-state index in [9.17, 15) is 14.3 Å². The minimum atomic E-state index is -0.594. The zero-order valence-corrected chi connectivity index (χ0v) is 13.2. The number of hydrogen-bond acceptors (Lipinski definition) is 4.